The van der Waals surface area contributed by atoms with E-state index < -0.39 is 0 Å². The summed E-state index contributed by atoms with van der Waals surface area (Å²) >= 11 is 0. The standard InChI is InChI=1S/C15H19N3/c1-2-18(13-7-8-13)15-12(10-16)9-11-5-3-4-6-14(11)17-15/h3-6,9,13H,2,7-8,10,16H2,1H3. The number of pyridine rings is 1. The van der Waals surface area contributed by atoms with Crippen LogP contribution in [0, 0.1) is 0 Å². The largest absolute Gasteiger partial charge is 0.354 e. The van der Waals surface area contributed by atoms with E-state index in [0.29, 0.717) is 12.6 Å². The molecule has 1 saturated carbocycles. The third kappa shape index (κ3) is 1.95. The molecule has 2 N–H and O–H groups in total. The van der Waals surface area contributed by atoms with Gasteiger partial charge in [-0.2, -0.15) is 0 Å². The summed E-state index contributed by atoms with van der Waals surface area (Å²) in [6.45, 7) is 3.74. The van der Waals surface area contributed by atoms with Gasteiger partial charge in [-0.05, 0) is 31.9 Å². The van der Waals surface area contributed by atoms with E-state index in [-0.39, 0.29) is 0 Å². The third-order valence-electron chi connectivity index (χ3n) is 3.60. The van der Waals surface area contributed by atoms with Crippen LogP contribution in [-0.4, -0.2) is 17.6 Å². The molecule has 0 aliphatic heterocycles. The lowest BCUT2D eigenvalue weighted by atomic mass is 10.1. The Labute approximate surface area is 108 Å². The van der Waals surface area contributed by atoms with Crippen LogP contribution in [0.15, 0.2) is 30.3 Å². The minimum atomic E-state index is 0.552. The van der Waals surface area contributed by atoms with Crippen LogP contribution in [0.3, 0.4) is 0 Å². The minimum absolute atomic E-state index is 0.552. The second-order valence-corrected chi connectivity index (χ2v) is 4.89. The Hall–Kier alpha value is -1.61. The van der Waals surface area contributed by atoms with Crippen LogP contribution in [0.4, 0.5) is 5.82 Å². The van der Waals surface area contributed by atoms with Gasteiger partial charge in [-0.25, -0.2) is 4.98 Å². The average Bonchev–Trinajstić information content (AvgIpc) is 3.23. The molecule has 1 aromatic heterocycles. The molecule has 1 heterocycles. The molecule has 3 nitrogen and oxygen atoms in total. The molecule has 94 valence electrons. The van der Waals surface area contributed by atoms with E-state index in [1.165, 1.54) is 18.2 Å². The monoisotopic (exact) mass is 241 g/mol. The molecule has 1 fully saturated rings. The Balaban J connectivity index is 2.13. The van der Waals surface area contributed by atoms with Crippen LogP contribution >= 0.6 is 0 Å². The van der Waals surface area contributed by atoms with Crippen molar-refractivity contribution in [2.45, 2.75) is 32.4 Å². The van der Waals surface area contributed by atoms with Crippen LogP contribution in [0.1, 0.15) is 25.3 Å². The van der Waals surface area contributed by atoms with Crippen LogP contribution in [-0.2, 0) is 6.54 Å². The van der Waals surface area contributed by atoms with Gasteiger partial charge in [0.1, 0.15) is 5.82 Å². The minimum Gasteiger partial charge on any atom is -0.354 e. The summed E-state index contributed by atoms with van der Waals surface area (Å²) < 4.78 is 0. The van der Waals surface area contributed by atoms with E-state index in [0.717, 1.165) is 23.4 Å². The summed E-state index contributed by atoms with van der Waals surface area (Å²) in [5.74, 6) is 1.08. The highest BCUT2D eigenvalue weighted by molar-refractivity contribution is 5.82. The fourth-order valence-corrected chi connectivity index (χ4v) is 2.52. The maximum atomic E-state index is 5.89. The Kier molecular flexibility index (Phi) is 2.92. The zero-order valence-electron chi connectivity index (χ0n) is 10.8. The first-order valence-corrected chi connectivity index (χ1v) is 6.69. The van der Waals surface area contributed by atoms with Gasteiger partial charge in [0.25, 0.3) is 0 Å². The molecule has 0 unspecified atom stereocenters. The van der Waals surface area contributed by atoms with Crippen molar-refractivity contribution in [2.75, 3.05) is 11.4 Å². The predicted octanol–water partition coefficient (Wildman–Crippen LogP) is 2.68. The number of para-hydroxylation sites is 1. The van der Waals surface area contributed by atoms with Crippen molar-refractivity contribution < 1.29 is 0 Å². The van der Waals surface area contributed by atoms with Gasteiger partial charge >= 0.3 is 0 Å². The zero-order chi connectivity index (χ0) is 12.5. The van der Waals surface area contributed by atoms with E-state index in [2.05, 4.69) is 30.0 Å². The summed E-state index contributed by atoms with van der Waals surface area (Å²) in [6.07, 6.45) is 2.57. The predicted molar refractivity (Wildman–Crippen MR) is 75.7 cm³/mol. The molecule has 0 amide bonds. The highest BCUT2D eigenvalue weighted by atomic mass is 15.2. The van der Waals surface area contributed by atoms with Gasteiger partial charge in [-0.15, -0.1) is 0 Å². The van der Waals surface area contributed by atoms with Crippen LogP contribution in [0.2, 0.25) is 0 Å². The number of hydrogen-bond donors (Lipinski definition) is 1. The fourth-order valence-electron chi connectivity index (χ4n) is 2.52. The first-order valence-electron chi connectivity index (χ1n) is 6.69. The van der Waals surface area contributed by atoms with Crippen molar-refractivity contribution in [3.05, 3.63) is 35.9 Å². The Morgan fingerprint density at radius 2 is 2.11 bits per heavy atom. The molecule has 2 aromatic rings. The van der Waals surface area contributed by atoms with Crippen molar-refractivity contribution in [1.29, 1.82) is 0 Å². The Morgan fingerprint density at radius 1 is 1.33 bits per heavy atom. The summed E-state index contributed by atoms with van der Waals surface area (Å²) in [4.78, 5) is 7.22. The topological polar surface area (TPSA) is 42.2 Å². The lowest BCUT2D eigenvalue weighted by Gasteiger charge is -2.24. The highest BCUT2D eigenvalue weighted by Gasteiger charge is 2.30. The van der Waals surface area contributed by atoms with Gasteiger partial charge in [0.2, 0.25) is 0 Å². The van der Waals surface area contributed by atoms with E-state index in [1.54, 1.807) is 0 Å². The molecule has 3 rings (SSSR count). The zero-order valence-corrected chi connectivity index (χ0v) is 10.8. The second-order valence-electron chi connectivity index (χ2n) is 4.89. The van der Waals surface area contributed by atoms with Gasteiger partial charge in [0.05, 0.1) is 5.52 Å². The summed E-state index contributed by atoms with van der Waals surface area (Å²) in [7, 11) is 0. The molecule has 18 heavy (non-hydrogen) atoms. The molecule has 0 saturated heterocycles. The summed E-state index contributed by atoms with van der Waals surface area (Å²) in [5, 5.41) is 1.17. The second kappa shape index (κ2) is 4.58. The van der Waals surface area contributed by atoms with E-state index in [4.69, 9.17) is 10.7 Å². The lowest BCUT2D eigenvalue weighted by Crippen LogP contribution is -2.27. The van der Waals surface area contributed by atoms with Crippen molar-refractivity contribution in [1.82, 2.24) is 4.98 Å². The van der Waals surface area contributed by atoms with Gasteiger partial charge in [-0.1, -0.05) is 18.2 Å². The molecule has 0 spiro atoms. The molecule has 3 heteroatoms. The van der Waals surface area contributed by atoms with Crippen molar-refractivity contribution in [3.63, 3.8) is 0 Å². The summed E-state index contributed by atoms with van der Waals surface area (Å²) in [6, 6.07) is 11.1. The van der Waals surface area contributed by atoms with Gasteiger partial charge in [0, 0.05) is 30.1 Å². The quantitative estimate of drug-likeness (QED) is 0.895. The summed E-state index contributed by atoms with van der Waals surface area (Å²) in [5.41, 5.74) is 8.10. The van der Waals surface area contributed by atoms with Gasteiger partial charge in [-0.3, -0.25) is 0 Å². The normalized spacial score (nSPS) is 15.0. The van der Waals surface area contributed by atoms with Gasteiger partial charge in [0.15, 0.2) is 0 Å². The fraction of sp³-hybridized carbons (Fsp3) is 0.400. The number of benzene rings is 1. The molecule has 0 radical (unpaired) electrons. The van der Waals surface area contributed by atoms with Gasteiger partial charge < -0.3 is 10.6 Å². The Bertz CT molecular complexity index is 561. The molecular weight excluding hydrogens is 222 g/mol. The van der Waals surface area contributed by atoms with Crippen LogP contribution in [0.25, 0.3) is 10.9 Å². The maximum absolute atomic E-state index is 5.89. The van der Waals surface area contributed by atoms with Crippen LogP contribution in [0.5, 0.6) is 0 Å². The highest BCUT2D eigenvalue weighted by Crippen LogP contribution is 2.33. The number of nitrogens with zero attached hydrogens (tertiary/aromatic N) is 2. The molecule has 1 aromatic carbocycles. The Morgan fingerprint density at radius 3 is 2.78 bits per heavy atom. The van der Waals surface area contributed by atoms with Crippen molar-refractivity contribution in [3.8, 4) is 0 Å². The average molecular weight is 241 g/mol. The van der Waals surface area contributed by atoms with E-state index in [9.17, 15) is 0 Å². The number of nitrogens with two attached hydrogens (primary N) is 1. The lowest BCUT2D eigenvalue weighted by molar-refractivity contribution is 0.800. The number of rotatable bonds is 4. The third-order valence-corrected chi connectivity index (χ3v) is 3.60. The number of fused-ring (bicyclic) bond motifs is 1. The SMILES string of the molecule is CCN(c1nc2ccccc2cc1CN)C1CC1. The van der Waals surface area contributed by atoms with E-state index >= 15 is 0 Å². The van der Waals surface area contributed by atoms with Crippen molar-refractivity contribution in [2.24, 2.45) is 5.73 Å². The molecular formula is C15H19N3. The molecule has 1 aliphatic rings. The number of aromatic nitrogens is 1. The van der Waals surface area contributed by atoms with E-state index in [1.807, 2.05) is 12.1 Å². The molecule has 0 bridgehead atoms. The number of hydrogen-bond acceptors (Lipinski definition) is 3. The smallest absolute Gasteiger partial charge is 0.134 e. The van der Waals surface area contributed by atoms with Crippen LogP contribution < -0.4 is 10.6 Å². The van der Waals surface area contributed by atoms with Crippen molar-refractivity contribution >= 4 is 16.7 Å². The first-order chi connectivity index (χ1) is 8.83. The molecule has 1 aliphatic carbocycles. The molecule has 0 atom stereocenters. The number of anilines is 1. The first kappa shape index (κ1) is 11.5. The maximum Gasteiger partial charge on any atom is 0.134 e.